The molecule has 1 aliphatic heterocycles. The van der Waals surface area contributed by atoms with Crippen LogP contribution in [-0.4, -0.2) is 26.3 Å². The number of aryl methyl sites for hydroxylation is 2. The van der Waals surface area contributed by atoms with Crippen LogP contribution in [0.4, 0.5) is 6.01 Å². The van der Waals surface area contributed by atoms with Crippen LogP contribution in [0.1, 0.15) is 37.5 Å². The Bertz CT molecular complexity index is 806. The predicted molar refractivity (Wildman–Crippen MR) is 83.8 cm³/mol. The van der Waals surface area contributed by atoms with Crippen molar-refractivity contribution in [3.63, 3.8) is 0 Å². The summed E-state index contributed by atoms with van der Waals surface area (Å²) in [6.45, 7) is 5.82. The van der Waals surface area contributed by atoms with E-state index in [1.165, 1.54) is 5.52 Å². The van der Waals surface area contributed by atoms with Crippen LogP contribution in [0.15, 0.2) is 28.7 Å². The smallest absolute Gasteiger partial charge is 0.318 e. The lowest BCUT2D eigenvalue weighted by molar-refractivity contribution is 0.489. The Morgan fingerprint density at radius 2 is 2.14 bits per heavy atom. The minimum Gasteiger partial charge on any atom is -0.408 e. The minimum atomic E-state index is 0.201. The molecule has 0 amide bonds. The summed E-state index contributed by atoms with van der Waals surface area (Å²) in [5.74, 6) is 1.70. The third-order valence-corrected chi connectivity index (χ3v) is 4.31. The predicted octanol–water partition coefficient (Wildman–Crippen LogP) is 3.09. The summed E-state index contributed by atoms with van der Waals surface area (Å²) in [6.07, 6.45) is 2.17. The number of fused-ring (bicyclic) bond motifs is 1. The molecule has 1 fully saturated rings. The van der Waals surface area contributed by atoms with E-state index in [9.17, 15) is 0 Å². The van der Waals surface area contributed by atoms with Crippen LogP contribution in [0.3, 0.4) is 0 Å². The maximum absolute atomic E-state index is 5.63. The van der Waals surface area contributed by atoms with Crippen molar-refractivity contribution in [3.05, 3.63) is 36.0 Å². The van der Waals surface area contributed by atoms with Crippen molar-refractivity contribution >= 4 is 17.0 Å². The Hall–Kier alpha value is -2.37. The molecule has 1 atom stereocenters. The van der Waals surface area contributed by atoms with Gasteiger partial charge in [0.2, 0.25) is 5.89 Å². The number of hydrogen-bond donors (Lipinski definition) is 0. The first-order chi connectivity index (χ1) is 10.8. The van der Waals surface area contributed by atoms with Crippen molar-refractivity contribution in [3.8, 4) is 0 Å². The summed E-state index contributed by atoms with van der Waals surface area (Å²) in [7, 11) is 0. The second kappa shape index (κ2) is 5.12. The highest BCUT2D eigenvalue weighted by Crippen LogP contribution is 2.36. The first-order valence-corrected chi connectivity index (χ1v) is 7.80. The van der Waals surface area contributed by atoms with Gasteiger partial charge >= 0.3 is 6.01 Å². The Morgan fingerprint density at radius 3 is 2.91 bits per heavy atom. The van der Waals surface area contributed by atoms with Gasteiger partial charge in [-0.05, 0) is 31.9 Å². The van der Waals surface area contributed by atoms with Gasteiger partial charge in [0.05, 0.1) is 17.1 Å². The van der Waals surface area contributed by atoms with Gasteiger partial charge in [0, 0.05) is 20.0 Å². The van der Waals surface area contributed by atoms with Crippen molar-refractivity contribution in [2.75, 3.05) is 11.4 Å². The number of aromatic nitrogens is 4. The molecule has 0 unspecified atom stereocenters. The monoisotopic (exact) mass is 297 g/mol. The minimum absolute atomic E-state index is 0.201. The Morgan fingerprint density at radius 1 is 1.27 bits per heavy atom. The van der Waals surface area contributed by atoms with Gasteiger partial charge in [0.1, 0.15) is 5.82 Å². The fourth-order valence-electron chi connectivity index (χ4n) is 3.35. The average Bonchev–Trinajstić information content (AvgIpc) is 3.23. The van der Waals surface area contributed by atoms with Crippen LogP contribution in [0.25, 0.3) is 11.0 Å². The van der Waals surface area contributed by atoms with Crippen molar-refractivity contribution in [2.45, 2.75) is 39.3 Å². The lowest BCUT2D eigenvalue weighted by Gasteiger charge is -2.22. The number of hydrogen-bond acceptors (Lipinski definition) is 5. The van der Waals surface area contributed by atoms with E-state index in [1.807, 2.05) is 13.0 Å². The fraction of sp³-hybridized carbons (Fsp3) is 0.438. The van der Waals surface area contributed by atoms with Gasteiger partial charge in [0.25, 0.3) is 0 Å². The van der Waals surface area contributed by atoms with Gasteiger partial charge < -0.3 is 13.9 Å². The quantitative estimate of drug-likeness (QED) is 0.743. The van der Waals surface area contributed by atoms with E-state index in [0.29, 0.717) is 11.9 Å². The largest absolute Gasteiger partial charge is 0.408 e. The summed E-state index contributed by atoms with van der Waals surface area (Å²) in [5.41, 5.74) is 2.24. The molecule has 0 bridgehead atoms. The third-order valence-electron chi connectivity index (χ3n) is 4.31. The molecule has 3 aromatic rings. The van der Waals surface area contributed by atoms with Crippen molar-refractivity contribution in [1.82, 2.24) is 19.7 Å². The molecule has 0 spiro atoms. The van der Waals surface area contributed by atoms with Gasteiger partial charge in [0.15, 0.2) is 0 Å². The van der Waals surface area contributed by atoms with E-state index in [0.717, 1.165) is 37.3 Å². The highest BCUT2D eigenvalue weighted by Gasteiger charge is 2.33. The molecule has 1 aromatic carbocycles. The summed E-state index contributed by atoms with van der Waals surface area (Å²) < 4.78 is 7.93. The highest BCUT2D eigenvalue weighted by atomic mass is 16.4. The Kier molecular flexibility index (Phi) is 3.10. The fourth-order valence-corrected chi connectivity index (χ4v) is 3.35. The van der Waals surface area contributed by atoms with Crippen LogP contribution in [-0.2, 0) is 6.54 Å². The molecular weight excluding hydrogens is 278 g/mol. The van der Waals surface area contributed by atoms with Gasteiger partial charge in [-0.2, -0.15) is 0 Å². The molecule has 0 N–H and O–H groups in total. The SMILES string of the molecule is CCn1c([C@@H]2CCCN2c2nnc(C)o2)nc2ccccc21. The van der Waals surface area contributed by atoms with Gasteiger partial charge in [-0.3, -0.25) is 0 Å². The van der Waals surface area contributed by atoms with Crippen molar-refractivity contribution in [2.24, 2.45) is 0 Å². The van der Waals surface area contributed by atoms with Gasteiger partial charge in [-0.15, -0.1) is 5.10 Å². The molecule has 6 nitrogen and oxygen atoms in total. The number of rotatable bonds is 3. The lowest BCUT2D eigenvalue weighted by atomic mass is 10.2. The second-order valence-corrected chi connectivity index (χ2v) is 5.66. The summed E-state index contributed by atoms with van der Waals surface area (Å²) in [4.78, 5) is 7.07. The number of nitrogens with zero attached hydrogens (tertiary/aromatic N) is 5. The standard InChI is InChI=1S/C16H19N5O/c1-3-20-13-8-5-4-7-12(13)17-15(20)14-9-6-10-21(14)16-19-18-11(2)22-16/h4-5,7-8,14H,3,6,9-10H2,1-2H3/t14-/m0/s1. The molecule has 1 aliphatic rings. The molecular formula is C16H19N5O. The third kappa shape index (κ3) is 1.98. The molecule has 6 heteroatoms. The zero-order chi connectivity index (χ0) is 15.1. The van der Waals surface area contributed by atoms with E-state index in [-0.39, 0.29) is 6.04 Å². The van der Waals surface area contributed by atoms with Crippen LogP contribution >= 0.6 is 0 Å². The number of para-hydroxylation sites is 2. The van der Waals surface area contributed by atoms with Crippen LogP contribution < -0.4 is 4.90 Å². The van der Waals surface area contributed by atoms with E-state index in [4.69, 9.17) is 9.40 Å². The second-order valence-electron chi connectivity index (χ2n) is 5.66. The molecule has 2 aromatic heterocycles. The zero-order valence-electron chi connectivity index (χ0n) is 12.9. The number of anilines is 1. The van der Waals surface area contributed by atoms with Crippen LogP contribution in [0.2, 0.25) is 0 Å². The van der Waals surface area contributed by atoms with E-state index < -0.39 is 0 Å². The van der Waals surface area contributed by atoms with E-state index in [2.05, 4.69) is 44.8 Å². The molecule has 3 heterocycles. The zero-order valence-corrected chi connectivity index (χ0v) is 12.9. The molecule has 22 heavy (non-hydrogen) atoms. The van der Waals surface area contributed by atoms with Crippen LogP contribution in [0, 0.1) is 6.92 Å². The molecule has 0 saturated carbocycles. The molecule has 0 aliphatic carbocycles. The van der Waals surface area contributed by atoms with E-state index in [1.54, 1.807) is 0 Å². The maximum atomic E-state index is 5.63. The maximum Gasteiger partial charge on any atom is 0.318 e. The van der Waals surface area contributed by atoms with Crippen molar-refractivity contribution in [1.29, 1.82) is 0 Å². The molecule has 4 rings (SSSR count). The first-order valence-electron chi connectivity index (χ1n) is 7.80. The topological polar surface area (TPSA) is 60.0 Å². The van der Waals surface area contributed by atoms with E-state index >= 15 is 0 Å². The first kappa shape index (κ1) is 13.3. The van der Waals surface area contributed by atoms with Gasteiger partial charge in [-0.25, -0.2) is 4.98 Å². The lowest BCUT2D eigenvalue weighted by Crippen LogP contribution is -2.25. The van der Waals surface area contributed by atoms with Crippen molar-refractivity contribution < 1.29 is 4.42 Å². The highest BCUT2D eigenvalue weighted by molar-refractivity contribution is 5.76. The Labute approximate surface area is 128 Å². The summed E-state index contributed by atoms with van der Waals surface area (Å²) in [5, 5.41) is 8.14. The van der Waals surface area contributed by atoms with Gasteiger partial charge in [-0.1, -0.05) is 17.2 Å². The molecule has 1 saturated heterocycles. The molecule has 0 radical (unpaired) electrons. The normalized spacial score (nSPS) is 18.5. The molecule has 114 valence electrons. The van der Waals surface area contributed by atoms with Crippen LogP contribution in [0.5, 0.6) is 0 Å². The summed E-state index contributed by atoms with van der Waals surface area (Å²) in [6, 6.07) is 9.11. The number of imidazole rings is 1. The average molecular weight is 297 g/mol. The number of benzene rings is 1. The summed E-state index contributed by atoms with van der Waals surface area (Å²) >= 11 is 0. The Balaban J connectivity index is 1.80.